The minimum absolute atomic E-state index is 0.0460. The molecule has 0 aliphatic carbocycles. The Kier molecular flexibility index (Phi) is 3.95. The first-order valence-electron chi connectivity index (χ1n) is 7.05. The number of hydrogen-bond donors (Lipinski definition) is 0. The molecular formula is C17H15O5S-. The van der Waals surface area contributed by atoms with Crippen molar-refractivity contribution in [2.24, 2.45) is 0 Å². The minimum Gasteiger partial charge on any atom is -0.772 e. The summed E-state index contributed by atoms with van der Waals surface area (Å²) in [5.74, 6) is 0.715. The number of carbonyl (C=O) groups is 1. The zero-order valence-electron chi connectivity index (χ0n) is 12.7. The normalized spacial score (nSPS) is 18.1. The van der Waals surface area contributed by atoms with E-state index in [2.05, 4.69) is 0 Å². The van der Waals surface area contributed by atoms with Crippen molar-refractivity contribution in [1.29, 1.82) is 0 Å². The summed E-state index contributed by atoms with van der Waals surface area (Å²) in [6.45, 7) is 3.42. The summed E-state index contributed by atoms with van der Waals surface area (Å²) in [6, 6.07) is 10.3. The molecule has 1 unspecified atom stereocenters. The summed E-state index contributed by atoms with van der Waals surface area (Å²) in [4.78, 5) is 12.6. The van der Waals surface area contributed by atoms with Crippen molar-refractivity contribution in [1.82, 2.24) is 0 Å². The Morgan fingerprint density at radius 2 is 1.87 bits per heavy atom. The summed E-state index contributed by atoms with van der Waals surface area (Å²) < 4.78 is 32.7. The van der Waals surface area contributed by atoms with Crippen LogP contribution in [0.2, 0.25) is 0 Å². The molecule has 1 aliphatic heterocycles. The van der Waals surface area contributed by atoms with Crippen molar-refractivity contribution >= 4 is 28.2 Å². The van der Waals surface area contributed by atoms with Crippen molar-refractivity contribution in [3.63, 3.8) is 0 Å². The fourth-order valence-corrected chi connectivity index (χ4v) is 2.96. The summed E-state index contributed by atoms with van der Waals surface area (Å²) in [5, 5.41) is 0. The molecule has 23 heavy (non-hydrogen) atoms. The van der Waals surface area contributed by atoms with E-state index in [0.29, 0.717) is 28.2 Å². The fourth-order valence-electron chi connectivity index (χ4n) is 2.49. The van der Waals surface area contributed by atoms with E-state index in [-0.39, 0.29) is 11.5 Å². The predicted molar refractivity (Wildman–Crippen MR) is 84.8 cm³/mol. The molecule has 0 saturated heterocycles. The Morgan fingerprint density at radius 3 is 2.43 bits per heavy atom. The highest BCUT2D eigenvalue weighted by Crippen LogP contribution is 2.41. The topological polar surface area (TPSA) is 79.6 Å². The van der Waals surface area contributed by atoms with Gasteiger partial charge in [-0.05, 0) is 31.5 Å². The molecule has 0 amide bonds. The van der Waals surface area contributed by atoms with Crippen LogP contribution in [0.1, 0.15) is 30.7 Å². The van der Waals surface area contributed by atoms with E-state index in [1.54, 1.807) is 50.2 Å². The van der Waals surface area contributed by atoms with Crippen LogP contribution >= 0.6 is 0 Å². The maximum absolute atomic E-state index is 12.6. The van der Waals surface area contributed by atoms with E-state index < -0.39 is 16.7 Å². The van der Waals surface area contributed by atoms with Crippen molar-refractivity contribution in [3.05, 3.63) is 59.5 Å². The highest BCUT2D eigenvalue weighted by molar-refractivity contribution is 7.78. The highest BCUT2D eigenvalue weighted by Gasteiger charge is 2.43. The SMILES string of the molecule is CC1(C)OC(c2ccc(CS(=O)[O-])cc2)=C(c2ccco2)C1=O. The lowest BCUT2D eigenvalue weighted by Gasteiger charge is -2.18. The Labute approximate surface area is 136 Å². The third-order valence-corrected chi connectivity index (χ3v) is 4.20. The van der Waals surface area contributed by atoms with Gasteiger partial charge in [0.15, 0.2) is 5.60 Å². The molecule has 1 aromatic carbocycles. The zero-order valence-corrected chi connectivity index (χ0v) is 13.5. The Morgan fingerprint density at radius 1 is 1.17 bits per heavy atom. The van der Waals surface area contributed by atoms with Gasteiger partial charge in [0, 0.05) is 11.3 Å². The van der Waals surface area contributed by atoms with Crippen LogP contribution < -0.4 is 0 Å². The Bertz CT molecular complexity index is 785. The summed E-state index contributed by atoms with van der Waals surface area (Å²) in [7, 11) is 0. The van der Waals surface area contributed by atoms with Crippen molar-refractivity contribution < 1.29 is 22.7 Å². The number of ether oxygens (including phenoxy) is 1. The van der Waals surface area contributed by atoms with Crippen molar-refractivity contribution in [3.8, 4) is 0 Å². The van der Waals surface area contributed by atoms with Gasteiger partial charge < -0.3 is 13.7 Å². The summed E-state index contributed by atoms with van der Waals surface area (Å²) in [5.41, 5.74) is 0.814. The minimum atomic E-state index is -2.14. The average Bonchev–Trinajstić information content (AvgIpc) is 3.07. The van der Waals surface area contributed by atoms with E-state index in [1.807, 2.05) is 0 Å². The van der Waals surface area contributed by atoms with Crippen LogP contribution in [0.3, 0.4) is 0 Å². The molecule has 6 heteroatoms. The first-order valence-corrected chi connectivity index (χ1v) is 8.30. The first kappa shape index (κ1) is 15.7. The lowest BCUT2D eigenvalue weighted by molar-refractivity contribution is -0.125. The van der Waals surface area contributed by atoms with Gasteiger partial charge in [-0.2, -0.15) is 0 Å². The molecule has 5 nitrogen and oxygen atoms in total. The molecule has 3 rings (SSSR count). The van der Waals surface area contributed by atoms with Gasteiger partial charge in [0.2, 0.25) is 5.78 Å². The fraction of sp³-hybridized carbons (Fsp3) is 0.235. The van der Waals surface area contributed by atoms with E-state index >= 15 is 0 Å². The monoisotopic (exact) mass is 331 g/mol. The van der Waals surface area contributed by atoms with Crippen LogP contribution in [0.15, 0.2) is 47.1 Å². The number of furan rings is 1. The molecule has 0 spiro atoms. The van der Waals surface area contributed by atoms with Gasteiger partial charge >= 0.3 is 0 Å². The number of carbonyl (C=O) groups excluding carboxylic acids is 1. The largest absolute Gasteiger partial charge is 0.772 e. The maximum atomic E-state index is 12.6. The van der Waals surface area contributed by atoms with E-state index in [4.69, 9.17) is 9.15 Å². The molecule has 0 bridgehead atoms. The Hall–Kier alpha value is -2.18. The number of ketones is 1. The quantitative estimate of drug-likeness (QED) is 0.805. The lowest BCUT2D eigenvalue weighted by Crippen LogP contribution is -2.29. The molecule has 120 valence electrons. The van der Waals surface area contributed by atoms with Gasteiger partial charge in [0.1, 0.15) is 17.1 Å². The summed E-state index contributed by atoms with van der Waals surface area (Å²) >= 11 is -2.14. The van der Waals surface area contributed by atoms with E-state index in [9.17, 15) is 13.6 Å². The van der Waals surface area contributed by atoms with Crippen LogP contribution in [0.25, 0.3) is 11.3 Å². The van der Waals surface area contributed by atoms with Crippen LogP contribution in [-0.2, 0) is 26.4 Å². The van der Waals surface area contributed by atoms with Crippen molar-refractivity contribution in [2.75, 3.05) is 0 Å². The zero-order chi connectivity index (χ0) is 16.6. The number of rotatable bonds is 4. The first-order chi connectivity index (χ1) is 10.9. The van der Waals surface area contributed by atoms with Crippen LogP contribution in [0.5, 0.6) is 0 Å². The number of benzene rings is 1. The third kappa shape index (κ3) is 3.00. The lowest BCUT2D eigenvalue weighted by atomic mass is 9.96. The second kappa shape index (κ2) is 5.79. The van der Waals surface area contributed by atoms with Crippen molar-refractivity contribution in [2.45, 2.75) is 25.2 Å². The molecule has 1 aliphatic rings. The van der Waals surface area contributed by atoms with Gasteiger partial charge in [-0.3, -0.25) is 9.00 Å². The Balaban J connectivity index is 2.04. The summed E-state index contributed by atoms with van der Waals surface area (Å²) in [6.07, 6.45) is 1.51. The van der Waals surface area contributed by atoms with Gasteiger partial charge in [0.05, 0.1) is 6.26 Å². The van der Waals surface area contributed by atoms with Gasteiger partial charge in [-0.1, -0.05) is 35.3 Å². The second-order valence-electron chi connectivity index (χ2n) is 5.77. The maximum Gasteiger partial charge on any atom is 0.213 e. The molecular weight excluding hydrogens is 316 g/mol. The van der Waals surface area contributed by atoms with Gasteiger partial charge in [0.25, 0.3) is 0 Å². The van der Waals surface area contributed by atoms with E-state index in [1.165, 1.54) is 6.26 Å². The molecule has 2 heterocycles. The third-order valence-electron chi connectivity index (χ3n) is 3.63. The second-order valence-corrected chi connectivity index (χ2v) is 6.66. The standard InChI is InChI=1S/C17H16O5S/c1-17(2)16(18)14(13-4-3-9-21-13)15(22-17)12-7-5-11(6-8-12)10-23(19)20/h3-9H,10H2,1-2H3,(H,19,20)/p-1. The molecule has 0 N–H and O–H groups in total. The van der Waals surface area contributed by atoms with Crippen LogP contribution in [0, 0.1) is 0 Å². The molecule has 2 aromatic rings. The average molecular weight is 331 g/mol. The molecule has 1 aromatic heterocycles. The number of Topliss-reactive ketones (excluding diaryl/α,β-unsaturated/α-hetero) is 1. The van der Waals surface area contributed by atoms with E-state index in [0.717, 1.165) is 0 Å². The van der Waals surface area contributed by atoms with Crippen LogP contribution in [0.4, 0.5) is 0 Å². The van der Waals surface area contributed by atoms with Crippen LogP contribution in [-0.4, -0.2) is 20.1 Å². The number of hydrogen-bond acceptors (Lipinski definition) is 5. The molecule has 0 fully saturated rings. The predicted octanol–water partition coefficient (Wildman–Crippen LogP) is 2.90. The highest BCUT2D eigenvalue weighted by atomic mass is 32.2. The van der Waals surface area contributed by atoms with Gasteiger partial charge in [-0.15, -0.1) is 0 Å². The molecule has 1 atom stereocenters. The molecule has 0 saturated carbocycles. The molecule has 0 radical (unpaired) electrons. The smallest absolute Gasteiger partial charge is 0.213 e. The van der Waals surface area contributed by atoms with Gasteiger partial charge in [-0.25, -0.2) is 0 Å².